The summed E-state index contributed by atoms with van der Waals surface area (Å²) in [6, 6.07) is 0. The van der Waals surface area contributed by atoms with Gasteiger partial charge in [-0.25, -0.2) is 0 Å². The van der Waals surface area contributed by atoms with Gasteiger partial charge in [0.1, 0.15) is 0 Å². The molecule has 0 amide bonds. The number of hydrogen-bond acceptors (Lipinski definition) is 2. The summed E-state index contributed by atoms with van der Waals surface area (Å²) in [5.41, 5.74) is 1.27. The van der Waals surface area contributed by atoms with Gasteiger partial charge in [0.25, 0.3) is 0 Å². The molecule has 2 heteroatoms. The molecule has 1 aliphatic rings. The minimum atomic E-state index is 0.610. The molecule has 0 spiro atoms. The Morgan fingerprint density at radius 2 is 2.46 bits per heavy atom. The normalized spacial score (nSPS) is 24.2. The van der Waals surface area contributed by atoms with Crippen LogP contribution in [0.25, 0.3) is 0 Å². The van der Waals surface area contributed by atoms with Crippen LogP contribution >= 0.6 is 0 Å². The van der Waals surface area contributed by atoms with Gasteiger partial charge in [-0.05, 0) is 25.7 Å². The third-order valence-electron chi connectivity index (χ3n) is 2.46. The summed E-state index contributed by atoms with van der Waals surface area (Å²) in [6.45, 7) is 12.4. The molecule has 74 valence electrons. The minimum Gasteiger partial charge on any atom is -0.295 e. The molecule has 1 atom stereocenters. The second kappa shape index (κ2) is 5.20. The van der Waals surface area contributed by atoms with Crippen LogP contribution < -0.4 is 0 Å². The average Bonchev–Trinajstić information content (AvgIpc) is 2.15. The molecule has 0 aliphatic carbocycles. The number of rotatable bonds is 4. The van der Waals surface area contributed by atoms with Crippen molar-refractivity contribution in [1.29, 1.82) is 0 Å². The Labute approximate surface area is 80.8 Å². The second-order valence-corrected chi connectivity index (χ2v) is 3.66. The molecule has 0 N–H and O–H groups in total. The van der Waals surface area contributed by atoms with Crippen LogP contribution in [0.1, 0.15) is 19.8 Å². The Morgan fingerprint density at radius 1 is 1.69 bits per heavy atom. The van der Waals surface area contributed by atoms with Gasteiger partial charge in [0.15, 0.2) is 0 Å². The van der Waals surface area contributed by atoms with Crippen LogP contribution in [0.5, 0.6) is 0 Å². The van der Waals surface area contributed by atoms with E-state index >= 15 is 0 Å². The summed E-state index contributed by atoms with van der Waals surface area (Å²) in [7, 11) is 0. The fraction of sp³-hybridized carbons (Fsp3) is 0.636. The second-order valence-electron chi connectivity index (χ2n) is 3.66. The minimum absolute atomic E-state index is 0.610. The van der Waals surface area contributed by atoms with E-state index < -0.39 is 0 Å². The highest BCUT2D eigenvalue weighted by Gasteiger charge is 2.20. The van der Waals surface area contributed by atoms with Crippen LogP contribution in [-0.2, 0) is 4.84 Å². The van der Waals surface area contributed by atoms with Crippen molar-refractivity contribution in [3.63, 3.8) is 0 Å². The maximum Gasteiger partial charge on any atom is 0.0864 e. The lowest BCUT2D eigenvalue weighted by Crippen LogP contribution is -2.35. The summed E-state index contributed by atoms with van der Waals surface area (Å²) >= 11 is 0. The molecule has 0 unspecified atom stereocenters. The van der Waals surface area contributed by atoms with Crippen LogP contribution in [-0.4, -0.2) is 24.8 Å². The van der Waals surface area contributed by atoms with Gasteiger partial charge in [0.05, 0.1) is 6.61 Å². The zero-order valence-electron chi connectivity index (χ0n) is 8.46. The predicted octanol–water partition coefficient (Wildman–Crippen LogP) is 2.39. The van der Waals surface area contributed by atoms with E-state index in [4.69, 9.17) is 4.84 Å². The summed E-state index contributed by atoms with van der Waals surface area (Å²) in [5, 5.41) is 2.03. The molecule has 0 radical (unpaired) electrons. The Balaban J connectivity index is 2.32. The third kappa shape index (κ3) is 3.33. The Hall–Kier alpha value is -0.600. The van der Waals surface area contributed by atoms with Crippen molar-refractivity contribution >= 4 is 0 Å². The van der Waals surface area contributed by atoms with Gasteiger partial charge in [-0.2, -0.15) is 5.06 Å². The summed E-state index contributed by atoms with van der Waals surface area (Å²) in [4.78, 5) is 5.49. The molecule has 0 saturated carbocycles. The molecule has 1 fully saturated rings. The van der Waals surface area contributed by atoms with Crippen LogP contribution in [0.15, 0.2) is 24.8 Å². The Bertz CT molecular complexity index is 189. The average molecular weight is 181 g/mol. The lowest BCUT2D eigenvalue weighted by Gasteiger charge is -2.31. The molecule has 1 aliphatic heterocycles. The third-order valence-corrected chi connectivity index (χ3v) is 2.46. The van der Waals surface area contributed by atoms with E-state index in [2.05, 4.69) is 20.1 Å². The number of nitrogens with zero attached hydrogens (tertiary/aromatic N) is 1. The molecule has 0 aromatic carbocycles. The fourth-order valence-electron chi connectivity index (χ4n) is 1.62. The fourth-order valence-corrected chi connectivity index (χ4v) is 1.62. The molecule has 1 heterocycles. The first-order valence-electron chi connectivity index (χ1n) is 4.88. The number of piperidine rings is 1. The molecule has 1 saturated heterocycles. The SMILES string of the molecule is C=CCON1CCC[C@@H](C(=C)C)C1. The van der Waals surface area contributed by atoms with Crippen molar-refractivity contribution in [3.8, 4) is 0 Å². The van der Waals surface area contributed by atoms with Crippen molar-refractivity contribution < 1.29 is 4.84 Å². The van der Waals surface area contributed by atoms with E-state index in [0.717, 1.165) is 13.1 Å². The maximum atomic E-state index is 5.49. The van der Waals surface area contributed by atoms with Crippen LogP contribution in [0.2, 0.25) is 0 Å². The molecule has 1 rings (SSSR count). The topological polar surface area (TPSA) is 12.5 Å². The zero-order valence-corrected chi connectivity index (χ0v) is 8.46. The molecule has 0 aromatic heterocycles. The standard InChI is InChI=1S/C11H19NO/c1-4-8-13-12-7-5-6-11(9-12)10(2)3/h4,11H,1-2,5-9H2,3H3/t11-/m1/s1. The highest BCUT2D eigenvalue weighted by Crippen LogP contribution is 2.21. The zero-order chi connectivity index (χ0) is 9.68. The van der Waals surface area contributed by atoms with Gasteiger partial charge in [-0.15, -0.1) is 6.58 Å². The largest absolute Gasteiger partial charge is 0.295 e. The van der Waals surface area contributed by atoms with Gasteiger partial charge in [-0.3, -0.25) is 4.84 Å². The van der Waals surface area contributed by atoms with Gasteiger partial charge >= 0.3 is 0 Å². The highest BCUT2D eigenvalue weighted by atomic mass is 16.7. The van der Waals surface area contributed by atoms with Gasteiger partial charge < -0.3 is 0 Å². The quantitative estimate of drug-likeness (QED) is 0.617. The van der Waals surface area contributed by atoms with E-state index in [-0.39, 0.29) is 0 Å². The lowest BCUT2D eigenvalue weighted by atomic mass is 9.93. The van der Waals surface area contributed by atoms with E-state index in [0.29, 0.717) is 12.5 Å². The van der Waals surface area contributed by atoms with Crippen molar-refractivity contribution in [2.75, 3.05) is 19.7 Å². The van der Waals surface area contributed by atoms with Crippen molar-refractivity contribution in [3.05, 3.63) is 24.8 Å². The lowest BCUT2D eigenvalue weighted by molar-refractivity contribution is -0.165. The highest BCUT2D eigenvalue weighted by molar-refractivity contribution is 4.98. The van der Waals surface area contributed by atoms with Crippen LogP contribution in [0, 0.1) is 5.92 Å². The molecule has 0 aromatic rings. The summed E-state index contributed by atoms with van der Waals surface area (Å²) < 4.78 is 0. The first kappa shape index (κ1) is 10.5. The summed E-state index contributed by atoms with van der Waals surface area (Å²) in [5.74, 6) is 0.610. The molecular weight excluding hydrogens is 162 g/mol. The van der Waals surface area contributed by atoms with E-state index in [9.17, 15) is 0 Å². The van der Waals surface area contributed by atoms with Crippen LogP contribution in [0.4, 0.5) is 0 Å². The van der Waals surface area contributed by atoms with Crippen molar-refractivity contribution in [2.24, 2.45) is 5.92 Å². The first-order valence-corrected chi connectivity index (χ1v) is 4.88. The van der Waals surface area contributed by atoms with Crippen molar-refractivity contribution in [1.82, 2.24) is 5.06 Å². The summed E-state index contributed by atoms with van der Waals surface area (Å²) in [6.07, 6.45) is 4.24. The first-order chi connectivity index (χ1) is 6.24. The molecule has 13 heavy (non-hydrogen) atoms. The smallest absolute Gasteiger partial charge is 0.0864 e. The monoisotopic (exact) mass is 181 g/mol. The Morgan fingerprint density at radius 3 is 3.08 bits per heavy atom. The maximum absolute atomic E-state index is 5.49. The van der Waals surface area contributed by atoms with E-state index in [1.165, 1.54) is 18.4 Å². The van der Waals surface area contributed by atoms with Gasteiger partial charge in [0.2, 0.25) is 0 Å². The molecular formula is C11H19NO. The van der Waals surface area contributed by atoms with Gasteiger partial charge in [-0.1, -0.05) is 18.2 Å². The number of hydroxylamine groups is 2. The Kier molecular flexibility index (Phi) is 4.19. The van der Waals surface area contributed by atoms with Crippen LogP contribution in [0.3, 0.4) is 0 Å². The predicted molar refractivity (Wildman–Crippen MR) is 55.3 cm³/mol. The van der Waals surface area contributed by atoms with E-state index in [1.807, 2.05) is 5.06 Å². The van der Waals surface area contributed by atoms with E-state index in [1.54, 1.807) is 6.08 Å². The van der Waals surface area contributed by atoms with Crippen molar-refractivity contribution in [2.45, 2.75) is 19.8 Å². The number of hydrogen-bond donors (Lipinski definition) is 0. The van der Waals surface area contributed by atoms with Gasteiger partial charge in [0, 0.05) is 13.1 Å². The molecule has 2 nitrogen and oxygen atoms in total. The molecule has 0 bridgehead atoms.